The second-order valence-electron chi connectivity index (χ2n) is 13.0. The molecule has 4 aromatic rings. The van der Waals surface area contributed by atoms with E-state index >= 15 is 0 Å². The van der Waals surface area contributed by atoms with E-state index in [9.17, 15) is 10.2 Å². The Morgan fingerprint density at radius 1 is 0.646 bits per heavy atom. The summed E-state index contributed by atoms with van der Waals surface area (Å²) in [5.41, 5.74) is 4.80. The molecule has 0 saturated heterocycles. The van der Waals surface area contributed by atoms with Gasteiger partial charge in [-0.15, -0.1) is 26.8 Å². The summed E-state index contributed by atoms with van der Waals surface area (Å²) in [6.45, 7) is 1.22. The third-order valence-electron chi connectivity index (χ3n) is 9.76. The molecule has 1 aliphatic rings. The Kier molecular flexibility index (Phi) is 15.6. The number of rotatable bonds is 17. The predicted molar refractivity (Wildman–Crippen MR) is 219 cm³/mol. The molecule has 1 aliphatic carbocycles. The minimum Gasteiger partial charge on any atom is -0.494 e. The highest BCUT2D eigenvalue weighted by Gasteiger charge is 2.24. The van der Waals surface area contributed by atoms with Gasteiger partial charge in [0.05, 0.1) is 19.3 Å². The fourth-order valence-electron chi connectivity index (χ4n) is 6.60. The van der Waals surface area contributed by atoms with Gasteiger partial charge in [0.25, 0.3) is 0 Å². The molecule has 0 aliphatic heterocycles. The van der Waals surface area contributed by atoms with Crippen LogP contribution in [0.4, 0.5) is 0 Å². The maximum atomic E-state index is 10.9. The first-order chi connectivity index (χ1) is 23.4. The Balaban J connectivity index is 0.948. The van der Waals surface area contributed by atoms with Gasteiger partial charge in [0.1, 0.15) is 11.5 Å². The van der Waals surface area contributed by atoms with Crippen molar-refractivity contribution in [3.05, 3.63) is 97.1 Å². The van der Waals surface area contributed by atoms with Crippen LogP contribution in [0.15, 0.2) is 97.1 Å². The van der Waals surface area contributed by atoms with E-state index in [1.165, 1.54) is 53.0 Å². The summed E-state index contributed by atoms with van der Waals surface area (Å²) in [4.78, 5) is 0. The Morgan fingerprint density at radius 3 is 1.58 bits per heavy atom. The van der Waals surface area contributed by atoms with Gasteiger partial charge in [0, 0.05) is 12.5 Å². The van der Waals surface area contributed by atoms with E-state index in [0.29, 0.717) is 24.9 Å². The van der Waals surface area contributed by atoms with E-state index < -0.39 is 6.10 Å². The fraction of sp³-hybridized carbons (Fsp3) is 0.385. The minimum absolute atomic E-state index is 0.0175. The van der Waals surface area contributed by atoms with Crippen LogP contribution in [0.2, 0.25) is 0 Å². The maximum Gasteiger partial charge on any atom is 0.119 e. The molecule has 2 N–H and O–H groups in total. The summed E-state index contributed by atoms with van der Waals surface area (Å²) < 4.78 is 12.1. The molecule has 1 saturated carbocycles. The zero-order valence-corrected chi connectivity index (χ0v) is 33.1. The van der Waals surface area contributed by atoms with Crippen LogP contribution in [-0.4, -0.2) is 36.1 Å². The summed E-state index contributed by atoms with van der Waals surface area (Å²) in [5, 5.41) is 23.6. The average Bonchev–Trinajstić information content (AvgIpc) is 3.13. The molecule has 0 radical (unpaired) electrons. The van der Waals surface area contributed by atoms with Gasteiger partial charge in [0.15, 0.2) is 0 Å². The lowest BCUT2D eigenvalue weighted by Gasteiger charge is -2.30. The Labute approximate surface area is 297 Å². The smallest absolute Gasteiger partial charge is 0.119 e. The van der Waals surface area contributed by atoms with Crippen LogP contribution in [0.25, 0.3) is 22.3 Å². The highest BCUT2D eigenvalue weighted by molar-refractivity contribution is 8.46. The Morgan fingerprint density at radius 2 is 1.10 bits per heavy atom. The largest absolute Gasteiger partial charge is 0.494 e. The van der Waals surface area contributed by atoms with Crippen LogP contribution in [0.1, 0.15) is 51.4 Å². The number of benzene rings is 4. The maximum absolute atomic E-state index is 10.9. The SMILES string of the molecule is OCC(CCOc1ccc(-c2ccc(PP)cc2)cc1)C(O)CCC1CCC(CCOc2ccc(-c3ccc(P(P)P)cc3)cc2)CC1. The Bertz CT molecular complexity index is 1490. The summed E-state index contributed by atoms with van der Waals surface area (Å²) in [7, 11) is 9.03. The van der Waals surface area contributed by atoms with Crippen LogP contribution < -0.4 is 20.1 Å². The molecule has 9 heteroatoms. The fourth-order valence-corrected chi connectivity index (χ4v) is 9.06. The molecule has 0 spiro atoms. The summed E-state index contributed by atoms with van der Waals surface area (Å²) in [6, 6.07) is 34.1. The van der Waals surface area contributed by atoms with E-state index in [0.717, 1.165) is 51.2 Å². The molecule has 4 nitrogen and oxygen atoms in total. The third kappa shape index (κ3) is 11.5. The number of aliphatic hydroxyl groups excluding tert-OH is 2. The number of aliphatic hydroxyl groups is 2. The van der Waals surface area contributed by atoms with E-state index in [2.05, 4.69) is 112 Å². The standard InChI is InChI=1S/C39H51O4P5/c40-27-34(24-26-43-36-16-6-30(7-17-36)32-10-18-37(47-44)19-11-32)39(41)22-5-28-1-3-29(4-2-28)23-25-42-35-14-8-31(9-15-35)33-12-20-38(21-13-33)48(45)46/h6-21,28-29,34,39-41,47H,1-5,22-27,44-46H2. The van der Waals surface area contributed by atoms with E-state index in [1.54, 1.807) is 0 Å². The molecule has 256 valence electrons. The molecule has 0 heterocycles. The van der Waals surface area contributed by atoms with Crippen molar-refractivity contribution in [2.24, 2.45) is 17.8 Å². The van der Waals surface area contributed by atoms with Gasteiger partial charge in [-0.25, -0.2) is 0 Å². The van der Waals surface area contributed by atoms with Crippen molar-refractivity contribution in [2.75, 3.05) is 19.8 Å². The lowest BCUT2D eigenvalue weighted by Crippen LogP contribution is -2.27. The molecule has 48 heavy (non-hydrogen) atoms. The van der Waals surface area contributed by atoms with Crippen molar-refractivity contribution in [1.29, 1.82) is 0 Å². The first-order valence-electron chi connectivity index (χ1n) is 17.1. The number of hydrogen-bond donors (Lipinski definition) is 2. The van der Waals surface area contributed by atoms with Gasteiger partial charge >= 0.3 is 0 Å². The second kappa shape index (κ2) is 19.8. The lowest BCUT2D eigenvalue weighted by atomic mass is 9.78. The van der Waals surface area contributed by atoms with Crippen LogP contribution in [0, 0.1) is 17.8 Å². The summed E-state index contributed by atoms with van der Waals surface area (Å²) in [6.07, 6.45) is 7.88. The first kappa shape index (κ1) is 37.8. The zero-order chi connectivity index (χ0) is 33.7. The summed E-state index contributed by atoms with van der Waals surface area (Å²) >= 11 is 0. The normalized spacial score (nSPS) is 17.9. The van der Waals surface area contributed by atoms with Crippen molar-refractivity contribution in [3.8, 4) is 33.8 Å². The molecule has 5 rings (SSSR count). The molecule has 4 aromatic carbocycles. The monoisotopic (exact) mass is 738 g/mol. The van der Waals surface area contributed by atoms with Gasteiger partial charge < -0.3 is 19.7 Å². The molecular formula is C39H51O4P5. The zero-order valence-electron chi connectivity index (χ0n) is 27.7. The lowest BCUT2D eigenvalue weighted by molar-refractivity contribution is 0.0418. The number of ether oxygens (including phenoxy) is 2. The first-order valence-corrected chi connectivity index (χ1v) is 24.5. The van der Waals surface area contributed by atoms with Gasteiger partial charge in [-0.1, -0.05) is 107 Å². The van der Waals surface area contributed by atoms with Crippen molar-refractivity contribution < 1.29 is 19.7 Å². The topological polar surface area (TPSA) is 58.9 Å². The minimum atomic E-state index is -0.498. The average molecular weight is 739 g/mol. The quantitative estimate of drug-likeness (QED) is 0.106. The number of hydrogen-bond acceptors (Lipinski definition) is 4. The molecule has 1 fully saturated rings. The van der Waals surface area contributed by atoms with Crippen LogP contribution in [0.3, 0.4) is 0 Å². The Hall–Kier alpha value is -1.45. The molecule has 0 bridgehead atoms. The molecule has 0 amide bonds. The van der Waals surface area contributed by atoms with E-state index in [1.807, 2.05) is 12.1 Å². The van der Waals surface area contributed by atoms with Crippen molar-refractivity contribution in [3.63, 3.8) is 0 Å². The highest BCUT2D eigenvalue weighted by Crippen LogP contribution is 2.51. The molecule has 6 atom stereocenters. The van der Waals surface area contributed by atoms with Gasteiger partial charge in [-0.05, 0) is 102 Å². The van der Waals surface area contributed by atoms with Crippen LogP contribution in [-0.2, 0) is 0 Å². The van der Waals surface area contributed by atoms with Crippen molar-refractivity contribution in [2.45, 2.75) is 57.5 Å². The van der Waals surface area contributed by atoms with Crippen LogP contribution in [0.5, 0.6) is 11.5 Å². The highest BCUT2D eigenvalue weighted by atomic mass is 32.4. The van der Waals surface area contributed by atoms with E-state index in [4.69, 9.17) is 9.47 Å². The molecular weight excluding hydrogens is 687 g/mol. The van der Waals surface area contributed by atoms with Gasteiger partial charge in [0.2, 0.25) is 0 Å². The van der Waals surface area contributed by atoms with Crippen LogP contribution >= 0.6 is 42.4 Å². The van der Waals surface area contributed by atoms with Gasteiger partial charge in [-0.3, -0.25) is 0 Å². The molecule has 6 unspecified atom stereocenters. The molecule has 0 aromatic heterocycles. The third-order valence-corrected chi connectivity index (χ3v) is 14.1. The second-order valence-corrected chi connectivity index (χ2v) is 21.2. The van der Waals surface area contributed by atoms with Gasteiger partial charge in [-0.2, -0.15) is 0 Å². The van der Waals surface area contributed by atoms with Crippen molar-refractivity contribution in [1.82, 2.24) is 0 Å². The predicted octanol–water partition coefficient (Wildman–Crippen LogP) is 9.60. The van der Waals surface area contributed by atoms with Crippen molar-refractivity contribution >= 4 is 53.0 Å². The van der Waals surface area contributed by atoms with E-state index in [-0.39, 0.29) is 19.8 Å². The summed E-state index contributed by atoms with van der Waals surface area (Å²) in [5.74, 6) is 2.96.